The van der Waals surface area contributed by atoms with Crippen molar-refractivity contribution in [2.45, 2.75) is 6.92 Å². The molecule has 1 N–H and O–H groups in total. The Hall–Kier alpha value is 0.695. The fourth-order valence-electron chi connectivity index (χ4n) is 0. The van der Waals surface area contributed by atoms with E-state index >= 15 is 0 Å². The van der Waals surface area contributed by atoms with Gasteiger partial charge in [-0.2, -0.15) is 5.16 Å². The molecule has 0 saturated carbocycles. The predicted molar refractivity (Wildman–Crippen MR) is 28.7 cm³/mol. The maximum atomic E-state index is 7.57. The molecule has 0 heterocycles. The quantitative estimate of drug-likeness (QED) is 0.406. The second-order valence-corrected chi connectivity index (χ2v) is 0.590. The van der Waals surface area contributed by atoms with Crippen molar-refractivity contribution in [2.75, 3.05) is 6.61 Å². The van der Waals surface area contributed by atoms with E-state index in [4.69, 9.17) is 10.5 Å². The maximum absolute atomic E-state index is 7.57. The van der Waals surface area contributed by atoms with Gasteiger partial charge in [-0.1, -0.05) is 12.2 Å². The minimum atomic E-state index is 0. The Kier molecular flexibility index (Phi) is 66.8. The summed E-state index contributed by atoms with van der Waals surface area (Å²) in [5.74, 6) is 0. The molecule has 0 aliphatic rings. The molecule has 0 unspecified atom stereocenters. The zero-order valence-corrected chi connectivity index (χ0v) is 10.5. The Morgan fingerprint density at radius 2 is 1.86 bits per heavy atom. The molecule has 7 heavy (non-hydrogen) atoms. The third-order valence-corrected chi connectivity index (χ3v) is 0. The van der Waals surface area contributed by atoms with Crippen LogP contribution >= 0.6 is 12.2 Å². The molecule has 0 fully saturated rings. The molecule has 4 heteroatoms. The molecule has 0 saturated heterocycles. The second kappa shape index (κ2) is 29.9. The van der Waals surface area contributed by atoms with E-state index < -0.39 is 0 Å². The van der Waals surface area contributed by atoms with Gasteiger partial charge in [0, 0.05) is 6.61 Å². The first kappa shape index (κ1) is 15.6. The van der Waals surface area contributed by atoms with Crippen molar-refractivity contribution >= 4 is 17.4 Å². The van der Waals surface area contributed by atoms with E-state index in [-0.39, 0.29) is 34.3 Å². The second-order valence-electron chi connectivity index (χ2n) is 0.408. The molecule has 0 spiro atoms. The first-order valence-corrected chi connectivity index (χ1v) is 1.86. The van der Waals surface area contributed by atoms with Crippen LogP contribution in [0.3, 0.4) is 0 Å². The Balaban J connectivity index is -0.0000000400. The average molecular weight is 305 g/mol. The van der Waals surface area contributed by atoms with Crippen molar-refractivity contribution in [2.24, 2.45) is 0 Å². The van der Waals surface area contributed by atoms with Crippen LogP contribution in [0, 0.1) is 0 Å². The third-order valence-electron chi connectivity index (χ3n) is 0. The van der Waals surface area contributed by atoms with Gasteiger partial charge in [-0.3, -0.25) is 0 Å². The standard InChI is InChI=1S/C2H6O.CNS.Hg/c1-2-3;2-1-3;/h3H,2H2,1H3;;/q;-1;+1. The summed E-state index contributed by atoms with van der Waals surface area (Å²) in [6.45, 7) is 1.93. The van der Waals surface area contributed by atoms with Crippen LogP contribution in [-0.4, -0.2) is 16.9 Å². The Labute approximate surface area is 68.9 Å². The van der Waals surface area contributed by atoms with Crippen LogP contribution < -0.4 is 0 Å². The number of aliphatic hydroxyl groups is 1. The Bertz CT molecular complexity index is 44.2. The molecular formula is C3H6HgNOS. The van der Waals surface area contributed by atoms with E-state index in [0.29, 0.717) is 0 Å². The number of rotatable bonds is 0. The average Bonchev–Trinajstić information content (AvgIpc) is 1.39. The van der Waals surface area contributed by atoms with Gasteiger partial charge >= 0.3 is 27.7 Å². The van der Waals surface area contributed by atoms with Gasteiger partial charge < -0.3 is 10.5 Å². The van der Waals surface area contributed by atoms with Crippen molar-refractivity contribution in [3.63, 3.8) is 0 Å². The van der Waals surface area contributed by atoms with Crippen LogP contribution in [0.25, 0.3) is 5.41 Å². The first-order chi connectivity index (χ1) is 2.83. The summed E-state index contributed by atoms with van der Waals surface area (Å²) in [5.41, 5.74) is 0. The number of aliphatic hydroxyl groups excluding tert-OH is 1. The topological polar surface area (TPSA) is 42.5 Å². The van der Waals surface area contributed by atoms with E-state index in [1.807, 2.05) is 0 Å². The minimum absolute atomic E-state index is 0. The largest absolute Gasteiger partial charge is 1.00 e. The summed E-state index contributed by atoms with van der Waals surface area (Å²) >= 11 is 3.70. The minimum Gasteiger partial charge on any atom is -0.753 e. The summed E-state index contributed by atoms with van der Waals surface area (Å²) in [6.07, 6.45) is 0. The monoisotopic (exact) mass is 306 g/mol. The van der Waals surface area contributed by atoms with E-state index in [9.17, 15) is 0 Å². The third kappa shape index (κ3) is 305. The van der Waals surface area contributed by atoms with Gasteiger partial charge in [0.25, 0.3) is 0 Å². The van der Waals surface area contributed by atoms with Crippen LogP contribution in [0.15, 0.2) is 0 Å². The Morgan fingerprint density at radius 1 is 1.86 bits per heavy atom. The number of hydrogen-bond acceptors (Lipinski definition) is 2. The fourth-order valence-corrected chi connectivity index (χ4v) is 0. The van der Waals surface area contributed by atoms with E-state index in [2.05, 4.69) is 12.2 Å². The summed E-state index contributed by atoms with van der Waals surface area (Å²) < 4.78 is 0. The number of hydrogen-bond donors (Lipinski definition) is 1. The fraction of sp³-hybridized carbons (Fsp3) is 0.667. The van der Waals surface area contributed by atoms with Crippen LogP contribution in [0.4, 0.5) is 0 Å². The Morgan fingerprint density at radius 3 is 1.86 bits per heavy atom. The van der Waals surface area contributed by atoms with Crippen LogP contribution in [-0.2, 0) is 27.7 Å². The molecule has 0 aliphatic heterocycles. The van der Waals surface area contributed by atoms with Gasteiger partial charge in [-0.25, -0.2) is 0 Å². The smallest absolute Gasteiger partial charge is 0.753 e. The molecule has 0 aromatic carbocycles. The number of isothiocyanates is 1. The van der Waals surface area contributed by atoms with Gasteiger partial charge in [0.1, 0.15) is 0 Å². The molecule has 0 rings (SSSR count). The van der Waals surface area contributed by atoms with Gasteiger partial charge in [0.2, 0.25) is 0 Å². The molecule has 0 atom stereocenters. The molecule has 0 amide bonds. The molecule has 2 nitrogen and oxygen atoms in total. The number of thiocarbonyl (C=S) groups is 1. The van der Waals surface area contributed by atoms with E-state index in [0.717, 1.165) is 0 Å². The SMILES string of the molecule is CCO.[Hg+].[N-]=C=S. The van der Waals surface area contributed by atoms with E-state index in [1.165, 1.54) is 5.16 Å². The predicted octanol–water partition coefficient (Wildman–Crippen LogP) is 0.655. The van der Waals surface area contributed by atoms with Crippen LogP contribution in [0.2, 0.25) is 0 Å². The molecule has 0 aromatic heterocycles. The van der Waals surface area contributed by atoms with Gasteiger partial charge in [0.15, 0.2) is 0 Å². The molecule has 37 valence electrons. The zero-order valence-electron chi connectivity index (χ0n) is 4.22. The molecular weight excluding hydrogens is 299 g/mol. The normalized spacial score (nSPS) is 3.71. The van der Waals surface area contributed by atoms with Crippen molar-refractivity contribution in [1.29, 1.82) is 0 Å². The van der Waals surface area contributed by atoms with Crippen molar-refractivity contribution in [3.8, 4) is 0 Å². The first-order valence-electron chi connectivity index (χ1n) is 1.45. The van der Waals surface area contributed by atoms with Crippen molar-refractivity contribution in [3.05, 3.63) is 5.41 Å². The van der Waals surface area contributed by atoms with Gasteiger partial charge in [0.05, 0.1) is 0 Å². The van der Waals surface area contributed by atoms with Crippen molar-refractivity contribution < 1.29 is 32.8 Å². The van der Waals surface area contributed by atoms with Gasteiger partial charge in [-0.05, 0) is 6.92 Å². The zero-order chi connectivity index (χ0) is 5.41. The summed E-state index contributed by atoms with van der Waals surface area (Å²) in [5, 5.41) is 16.0. The summed E-state index contributed by atoms with van der Waals surface area (Å²) in [7, 11) is 0. The summed E-state index contributed by atoms with van der Waals surface area (Å²) in [6, 6.07) is 0. The molecule has 0 aliphatic carbocycles. The maximum Gasteiger partial charge on any atom is 1.00 e. The summed E-state index contributed by atoms with van der Waals surface area (Å²) in [4.78, 5) is 0. The van der Waals surface area contributed by atoms with E-state index in [1.54, 1.807) is 6.92 Å². The molecule has 0 aromatic rings. The molecule has 0 bridgehead atoms. The van der Waals surface area contributed by atoms with Crippen molar-refractivity contribution in [1.82, 2.24) is 0 Å². The molecule has 1 radical (unpaired) electrons. The number of nitrogens with zero attached hydrogens (tertiary/aromatic N) is 1. The van der Waals surface area contributed by atoms with Crippen LogP contribution in [0.5, 0.6) is 0 Å². The van der Waals surface area contributed by atoms with Gasteiger partial charge in [-0.15, -0.1) is 0 Å². The van der Waals surface area contributed by atoms with Crippen LogP contribution in [0.1, 0.15) is 6.92 Å².